The third-order valence-corrected chi connectivity index (χ3v) is 5.70. The second kappa shape index (κ2) is 5.51. The van der Waals surface area contributed by atoms with Crippen molar-refractivity contribution in [1.29, 1.82) is 5.26 Å². The van der Waals surface area contributed by atoms with Gasteiger partial charge in [0.2, 0.25) is 10.0 Å². The molecule has 4 nitrogen and oxygen atoms in total. The van der Waals surface area contributed by atoms with Crippen LogP contribution in [0.25, 0.3) is 0 Å². The molecular formula is C14H17FN2O2S. The summed E-state index contributed by atoms with van der Waals surface area (Å²) >= 11 is 0. The highest BCUT2D eigenvalue weighted by molar-refractivity contribution is 7.89. The molecule has 0 N–H and O–H groups in total. The van der Waals surface area contributed by atoms with Crippen molar-refractivity contribution in [2.75, 3.05) is 6.54 Å². The Bertz CT molecular complexity index is 652. The molecule has 0 aliphatic carbocycles. The van der Waals surface area contributed by atoms with Crippen LogP contribution in [0.5, 0.6) is 0 Å². The molecule has 0 radical (unpaired) electrons. The second-order valence-corrected chi connectivity index (χ2v) is 7.25. The lowest BCUT2D eigenvalue weighted by Crippen LogP contribution is -2.44. The third kappa shape index (κ3) is 2.69. The molecule has 20 heavy (non-hydrogen) atoms. The first-order chi connectivity index (χ1) is 9.36. The Labute approximate surface area is 118 Å². The van der Waals surface area contributed by atoms with Gasteiger partial charge in [-0.15, -0.1) is 0 Å². The summed E-state index contributed by atoms with van der Waals surface area (Å²) in [5.74, 6) is -0.400. The lowest BCUT2D eigenvalue weighted by molar-refractivity contribution is 0.218. The quantitative estimate of drug-likeness (QED) is 0.842. The van der Waals surface area contributed by atoms with Gasteiger partial charge in [-0.25, -0.2) is 12.8 Å². The predicted molar refractivity (Wildman–Crippen MR) is 72.9 cm³/mol. The lowest BCUT2D eigenvalue weighted by atomic mass is 9.97. The van der Waals surface area contributed by atoms with Crippen LogP contribution in [0.3, 0.4) is 0 Å². The molecule has 0 saturated carbocycles. The van der Waals surface area contributed by atoms with E-state index < -0.39 is 15.8 Å². The number of nitriles is 1. The van der Waals surface area contributed by atoms with E-state index >= 15 is 0 Å². The number of hydrogen-bond acceptors (Lipinski definition) is 3. The van der Waals surface area contributed by atoms with Crippen LogP contribution in [-0.4, -0.2) is 25.3 Å². The van der Waals surface area contributed by atoms with Gasteiger partial charge in [-0.05, 0) is 43.9 Å². The number of halogens is 1. The molecule has 108 valence electrons. The first-order valence-electron chi connectivity index (χ1n) is 6.57. The highest BCUT2D eigenvalue weighted by Crippen LogP contribution is 2.28. The minimum absolute atomic E-state index is 0.0172. The summed E-state index contributed by atoms with van der Waals surface area (Å²) in [6, 6.07) is 4.95. The summed E-state index contributed by atoms with van der Waals surface area (Å²) < 4.78 is 40.0. The number of piperidine rings is 1. The van der Waals surface area contributed by atoms with Crippen molar-refractivity contribution >= 4 is 10.0 Å². The fraction of sp³-hybridized carbons (Fsp3) is 0.500. The molecule has 6 heteroatoms. The van der Waals surface area contributed by atoms with Crippen molar-refractivity contribution in [1.82, 2.24) is 4.31 Å². The van der Waals surface area contributed by atoms with Crippen LogP contribution in [0.2, 0.25) is 0 Å². The maximum atomic E-state index is 13.3. The molecule has 1 aromatic carbocycles. The van der Waals surface area contributed by atoms with Crippen molar-refractivity contribution in [2.45, 2.75) is 37.6 Å². The van der Waals surface area contributed by atoms with Crippen molar-refractivity contribution in [3.05, 3.63) is 29.6 Å². The summed E-state index contributed by atoms with van der Waals surface area (Å²) in [4.78, 5) is -0.0172. The molecule has 1 aliphatic rings. The van der Waals surface area contributed by atoms with E-state index in [4.69, 9.17) is 5.26 Å². The molecule has 2 rings (SSSR count). The van der Waals surface area contributed by atoms with Gasteiger partial charge in [0, 0.05) is 12.6 Å². The lowest BCUT2D eigenvalue weighted by Gasteiger charge is -2.35. The van der Waals surface area contributed by atoms with E-state index in [0.29, 0.717) is 12.5 Å². The molecule has 1 saturated heterocycles. The molecule has 1 fully saturated rings. The van der Waals surface area contributed by atoms with E-state index in [2.05, 4.69) is 0 Å². The number of hydrogen-bond donors (Lipinski definition) is 0. The molecular weight excluding hydrogens is 279 g/mol. The van der Waals surface area contributed by atoms with Crippen molar-refractivity contribution in [3.63, 3.8) is 0 Å². The zero-order valence-electron chi connectivity index (χ0n) is 11.5. The normalized spacial score (nSPS) is 24.3. The van der Waals surface area contributed by atoms with E-state index in [1.807, 2.05) is 13.8 Å². The molecule has 1 aliphatic heterocycles. The monoisotopic (exact) mass is 296 g/mol. The van der Waals surface area contributed by atoms with Gasteiger partial charge >= 0.3 is 0 Å². The van der Waals surface area contributed by atoms with Crippen LogP contribution >= 0.6 is 0 Å². The van der Waals surface area contributed by atoms with E-state index in [1.165, 1.54) is 10.4 Å². The van der Waals surface area contributed by atoms with Crippen LogP contribution in [0, 0.1) is 23.1 Å². The van der Waals surface area contributed by atoms with Crippen molar-refractivity contribution < 1.29 is 12.8 Å². The molecule has 0 aromatic heterocycles. The topological polar surface area (TPSA) is 61.2 Å². The van der Waals surface area contributed by atoms with E-state index in [-0.39, 0.29) is 16.5 Å². The minimum Gasteiger partial charge on any atom is -0.207 e. The van der Waals surface area contributed by atoms with Crippen LogP contribution in [0.1, 0.15) is 32.3 Å². The highest BCUT2D eigenvalue weighted by atomic mass is 32.2. The van der Waals surface area contributed by atoms with Gasteiger partial charge in [0.05, 0.1) is 10.5 Å². The fourth-order valence-corrected chi connectivity index (χ4v) is 4.28. The Balaban J connectivity index is 2.42. The van der Waals surface area contributed by atoms with Crippen LogP contribution < -0.4 is 0 Å². The van der Waals surface area contributed by atoms with Crippen molar-refractivity contribution in [2.24, 2.45) is 5.92 Å². The van der Waals surface area contributed by atoms with Gasteiger partial charge in [-0.2, -0.15) is 9.57 Å². The Morgan fingerprint density at radius 3 is 2.70 bits per heavy atom. The van der Waals surface area contributed by atoms with Gasteiger partial charge in [0.15, 0.2) is 0 Å². The molecule has 0 spiro atoms. The van der Waals surface area contributed by atoms with Crippen LogP contribution in [0.15, 0.2) is 23.1 Å². The van der Waals surface area contributed by atoms with Gasteiger partial charge in [0.25, 0.3) is 0 Å². The van der Waals surface area contributed by atoms with Crippen molar-refractivity contribution in [3.8, 4) is 6.07 Å². The number of benzene rings is 1. The predicted octanol–water partition coefficient (Wildman–Crippen LogP) is 2.51. The Morgan fingerprint density at radius 2 is 2.05 bits per heavy atom. The second-order valence-electron chi connectivity index (χ2n) is 5.36. The molecule has 0 amide bonds. The zero-order chi connectivity index (χ0) is 14.9. The Kier molecular flexibility index (Phi) is 4.11. The van der Waals surface area contributed by atoms with Gasteiger partial charge in [-0.1, -0.05) is 6.92 Å². The summed E-state index contributed by atoms with van der Waals surface area (Å²) in [6.45, 7) is 4.35. The van der Waals surface area contributed by atoms with E-state index in [9.17, 15) is 12.8 Å². The van der Waals surface area contributed by atoms with E-state index in [0.717, 1.165) is 25.0 Å². The maximum absolute atomic E-state index is 13.3. The highest BCUT2D eigenvalue weighted by Gasteiger charge is 2.33. The smallest absolute Gasteiger partial charge is 0.207 e. The van der Waals surface area contributed by atoms with Crippen LogP contribution in [0.4, 0.5) is 4.39 Å². The van der Waals surface area contributed by atoms with Gasteiger partial charge < -0.3 is 0 Å². The maximum Gasteiger partial charge on any atom is 0.243 e. The fourth-order valence-electron chi connectivity index (χ4n) is 2.47. The summed E-state index contributed by atoms with van der Waals surface area (Å²) in [5, 5.41) is 8.81. The summed E-state index contributed by atoms with van der Waals surface area (Å²) in [7, 11) is -3.68. The zero-order valence-corrected chi connectivity index (χ0v) is 12.3. The molecule has 2 atom stereocenters. The number of rotatable bonds is 2. The van der Waals surface area contributed by atoms with Crippen LogP contribution in [-0.2, 0) is 10.0 Å². The van der Waals surface area contributed by atoms with Gasteiger partial charge in [0.1, 0.15) is 11.9 Å². The molecule has 0 bridgehead atoms. The number of sulfonamides is 1. The SMILES string of the molecule is CC1CCC(C)N(S(=O)(=O)c2ccc(F)c(C#N)c2)C1. The average Bonchev–Trinajstić information content (AvgIpc) is 2.41. The third-order valence-electron chi connectivity index (χ3n) is 3.73. The average molecular weight is 296 g/mol. The minimum atomic E-state index is -3.68. The first kappa shape index (κ1) is 14.9. The summed E-state index contributed by atoms with van der Waals surface area (Å²) in [6.07, 6.45) is 1.81. The largest absolute Gasteiger partial charge is 0.243 e. The standard InChI is InChI=1S/C14H17FN2O2S/c1-10-3-4-11(2)17(9-10)20(18,19)13-5-6-14(15)12(7-13)8-16/h5-7,10-11H,3-4,9H2,1-2H3. The molecule has 2 unspecified atom stereocenters. The first-order valence-corrected chi connectivity index (χ1v) is 8.01. The summed E-state index contributed by atoms with van der Waals surface area (Å²) in [5.41, 5.74) is -0.246. The number of nitrogens with zero attached hydrogens (tertiary/aromatic N) is 2. The molecule has 1 heterocycles. The van der Waals surface area contributed by atoms with Gasteiger partial charge in [-0.3, -0.25) is 0 Å². The Hall–Kier alpha value is -1.45. The molecule has 1 aromatic rings. The van der Waals surface area contributed by atoms with E-state index in [1.54, 1.807) is 6.07 Å². The Morgan fingerprint density at radius 1 is 1.35 bits per heavy atom.